The van der Waals surface area contributed by atoms with E-state index in [1.165, 1.54) is 0 Å². The first kappa shape index (κ1) is 12.8. The summed E-state index contributed by atoms with van der Waals surface area (Å²) >= 11 is 0. The molecule has 0 radical (unpaired) electrons. The molecule has 96 valence electrons. The molecule has 1 fully saturated rings. The molecule has 0 spiro atoms. The summed E-state index contributed by atoms with van der Waals surface area (Å²) in [6.45, 7) is 3.75. The van der Waals surface area contributed by atoms with Gasteiger partial charge >= 0.3 is 0 Å². The van der Waals surface area contributed by atoms with Crippen molar-refractivity contribution in [1.82, 2.24) is 0 Å². The summed E-state index contributed by atoms with van der Waals surface area (Å²) in [6.07, 6.45) is 7.32. The summed E-state index contributed by atoms with van der Waals surface area (Å²) in [5, 5.41) is 0. The molecule has 2 bridgehead atoms. The molecule has 0 aromatic rings. The fourth-order valence-corrected chi connectivity index (χ4v) is 2.42. The zero-order valence-electron chi connectivity index (χ0n) is 9.66. The summed E-state index contributed by atoms with van der Waals surface area (Å²) in [6, 6.07) is 0. The molecule has 0 aliphatic carbocycles. The van der Waals surface area contributed by atoms with Gasteiger partial charge in [-0.2, -0.15) is 8.42 Å². The second-order valence-corrected chi connectivity index (χ2v) is 5.86. The van der Waals surface area contributed by atoms with Gasteiger partial charge in [0.25, 0.3) is 10.1 Å². The van der Waals surface area contributed by atoms with Gasteiger partial charge in [-0.3, -0.25) is 4.18 Å². The van der Waals surface area contributed by atoms with Crippen LogP contribution in [0.1, 0.15) is 12.8 Å². The normalized spacial score (nSPS) is 36.1. The number of hydrogen-bond donors (Lipinski definition) is 0. The minimum Gasteiger partial charge on any atom is -0.339 e. The second-order valence-electron chi connectivity index (χ2n) is 4.22. The van der Waals surface area contributed by atoms with Crippen LogP contribution in [0.25, 0.3) is 0 Å². The molecule has 0 unspecified atom stereocenters. The highest BCUT2D eigenvalue weighted by molar-refractivity contribution is 7.85. The van der Waals surface area contributed by atoms with E-state index in [0.29, 0.717) is 12.8 Å². The summed E-state index contributed by atoms with van der Waals surface area (Å²) < 4.78 is 37.9. The first-order valence-electron chi connectivity index (χ1n) is 5.43. The SMILES string of the molecule is C=C[C@H]1O[C@]2(CCOS(C)(=O)=O)CC=C[C@H]1O2. The van der Waals surface area contributed by atoms with Gasteiger partial charge in [-0.25, -0.2) is 0 Å². The van der Waals surface area contributed by atoms with Crippen molar-refractivity contribution in [1.29, 1.82) is 0 Å². The predicted molar refractivity (Wildman–Crippen MR) is 61.8 cm³/mol. The Hall–Kier alpha value is -0.690. The summed E-state index contributed by atoms with van der Waals surface area (Å²) in [4.78, 5) is 0. The molecule has 17 heavy (non-hydrogen) atoms. The zero-order valence-corrected chi connectivity index (χ0v) is 10.5. The second kappa shape index (κ2) is 4.53. The van der Waals surface area contributed by atoms with E-state index in [4.69, 9.17) is 13.7 Å². The lowest BCUT2D eigenvalue weighted by molar-refractivity contribution is -0.178. The third kappa shape index (κ3) is 2.95. The highest BCUT2D eigenvalue weighted by atomic mass is 32.2. The quantitative estimate of drug-likeness (QED) is 0.544. The van der Waals surface area contributed by atoms with Crippen molar-refractivity contribution in [2.45, 2.75) is 30.8 Å². The highest BCUT2D eigenvalue weighted by Gasteiger charge is 2.46. The van der Waals surface area contributed by atoms with Crippen LogP contribution in [-0.4, -0.2) is 39.3 Å². The molecule has 0 aromatic heterocycles. The molecule has 0 aromatic carbocycles. The fourth-order valence-electron chi connectivity index (χ4n) is 2.04. The number of hydrogen-bond acceptors (Lipinski definition) is 5. The zero-order chi connectivity index (χ0) is 12.5. The van der Waals surface area contributed by atoms with Crippen molar-refractivity contribution in [3.8, 4) is 0 Å². The maximum absolute atomic E-state index is 10.9. The van der Waals surface area contributed by atoms with Crippen LogP contribution < -0.4 is 0 Å². The largest absolute Gasteiger partial charge is 0.339 e. The maximum Gasteiger partial charge on any atom is 0.264 e. The monoisotopic (exact) mass is 260 g/mol. The van der Waals surface area contributed by atoms with Gasteiger partial charge in [-0.1, -0.05) is 18.2 Å². The third-order valence-corrected chi connectivity index (χ3v) is 3.39. The van der Waals surface area contributed by atoms with Crippen molar-refractivity contribution < 1.29 is 22.1 Å². The van der Waals surface area contributed by atoms with Crippen LogP contribution in [0.15, 0.2) is 24.8 Å². The molecule has 2 aliphatic rings. The molecule has 0 saturated carbocycles. The van der Waals surface area contributed by atoms with Gasteiger partial charge in [0.15, 0.2) is 5.79 Å². The fraction of sp³-hybridized carbons (Fsp3) is 0.636. The van der Waals surface area contributed by atoms with Crippen LogP contribution in [-0.2, 0) is 23.8 Å². The van der Waals surface area contributed by atoms with Crippen molar-refractivity contribution in [2.24, 2.45) is 0 Å². The minimum atomic E-state index is -3.41. The number of ether oxygens (including phenoxy) is 2. The topological polar surface area (TPSA) is 61.8 Å². The summed E-state index contributed by atoms with van der Waals surface area (Å²) in [5.74, 6) is -0.761. The van der Waals surface area contributed by atoms with Crippen molar-refractivity contribution in [3.63, 3.8) is 0 Å². The van der Waals surface area contributed by atoms with Crippen molar-refractivity contribution in [2.75, 3.05) is 12.9 Å². The van der Waals surface area contributed by atoms with E-state index in [1.54, 1.807) is 6.08 Å². The average Bonchev–Trinajstić information content (AvgIpc) is 2.48. The van der Waals surface area contributed by atoms with Crippen LogP contribution >= 0.6 is 0 Å². The van der Waals surface area contributed by atoms with Crippen LogP contribution in [0, 0.1) is 0 Å². The van der Waals surface area contributed by atoms with Crippen molar-refractivity contribution >= 4 is 10.1 Å². The Morgan fingerprint density at radius 1 is 1.59 bits per heavy atom. The van der Waals surface area contributed by atoms with E-state index in [2.05, 4.69) is 6.58 Å². The molecule has 5 nitrogen and oxygen atoms in total. The molecule has 2 rings (SSSR count). The van der Waals surface area contributed by atoms with E-state index in [-0.39, 0.29) is 18.8 Å². The molecular weight excluding hydrogens is 244 g/mol. The Bertz CT molecular complexity index is 427. The Labute approximate surface area is 101 Å². The molecule has 2 heterocycles. The number of rotatable bonds is 5. The molecule has 0 amide bonds. The smallest absolute Gasteiger partial charge is 0.264 e. The van der Waals surface area contributed by atoms with Gasteiger partial charge in [-0.15, -0.1) is 6.58 Å². The molecule has 0 N–H and O–H groups in total. The lowest BCUT2D eigenvalue weighted by atomic mass is 10.1. The minimum absolute atomic E-state index is 0.0588. The summed E-state index contributed by atoms with van der Waals surface area (Å²) in [5.41, 5.74) is 0. The molecular formula is C11H16O5S. The van der Waals surface area contributed by atoms with Crippen molar-refractivity contribution in [3.05, 3.63) is 24.8 Å². The first-order chi connectivity index (χ1) is 7.94. The van der Waals surface area contributed by atoms with Gasteiger partial charge in [0.1, 0.15) is 12.2 Å². The van der Waals surface area contributed by atoms with E-state index >= 15 is 0 Å². The van der Waals surface area contributed by atoms with E-state index in [9.17, 15) is 8.42 Å². The van der Waals surface area contributed by atoms with Crippen LogP contribution in [0.3, 0.4) is 0 Å². The average molecular weight is 260 g/mol. The molecule has 6 heteroatoms. The molecule has 2 aliphatic heterocycles. The highest BCUT2D eigenvalue weighted by Crippen LogP contribution is 2.39. The van der Waals surface area contributed by atoms with Gasteiger partial charge in [-0.05, 0) is 0 Å². The Morgan fingerprint density at radius 2 is 2.35 bits per heavy atom. The van der Waals surface area contributed by atoms with E-state index in [1.807, 2.05) is 12.2 Å². The van der Waals surface area contributed by atoms with Crippen LogP contribution in [0.4, 0.5) is 0 Å². The maximum atomic E-state index is 10.9. The Kier molecular flexibility index (Phi) is 3.40. The van der Waals surface area contributed by atoms with Crippen LogP contribution in [0.5, 0.6) is 0 Å². The predicted octanol–water partition coefficient (Wildman–Crippen LogP) is 0.979. The van der Waals surface area contributed by atoms with Gasteiger partial charge in [0.05, 0.1) is 12.9 Å². The first-order valence-corrected chi connectivity index (χ1v) is 7.25. The van der Waals surface area contributed by atoms with E-state index in [0.717, 1.165) is 6.26 Å². The van der Waals surface area contributed by atoms with Gasteiger partial charge in [0.2, 0.25) is 0 Å². The summed E-state index contributed by atoms with van der Waals surface area (Å²) in [7, 11) is -3.41. The number of fused-ring (bicyclic) bond motifs is 2. The van der Waals surface area contributed by atoms with Gasteiger partial charge < -0.3 is 9.47 Å². The Balaban J connectivity index is 1.96. The van der Waals surface area contributed by atoms with Crippen LogP contribution in [0.2, 0.25) is 0 Å². The molecule has 1 saturated heterocycles. The lowest BCUT2D eigenvalue weighted by Crippen LogP contribution is -2.33. The Morgan fingerprint density at radius 3 is 3.00 bits per heavy atom. The van der Waals surface area contributed by atoms with Gasteiger partial charge in [0, 0.05) is 12.8 Å². The standard InChI is InChI=1S/C11H16O5S/c1-3-9-10-5-4-6-11(15-9,16-10)7-8-14-17(2,12)13/h3-5,9-10H,1,6-8H2,2H3/t9-,10-,11-/m1/s1. The third-order valence-electron chi connectivity index (χ3n) is 2.79. The lowest BCUT2D eigenvalue weighted by Gasteiger charge is -2.28. The van der Waals surface area contributed by atoms with E-state index < -0.39 is 15.9 Å². The molecule has 3 atom stereocenters.